The third-order valence-corrected chi connectivity index (χ3v) is 5.33. The zero-order chi connectivity index (χ0) is 19.5. The Morgan fingerprint density at radius 2 is 1.46 bits per heavy atom. The van der Waals surface area contributed by atoms with Gasteiger partial charge in [-0.05, 0) is 49.1 Å². The first kappa shape index (κ1) is 18.2. The molecule has 0 spiro atoms. The minimum Gasteiger partial charge on any atom is -0.372 e. The monoisotopic (exact) mass is 377 g/mol. The zero-order valence-electron chi connectivity index (χ0n) is 15.7. The van der Waals surface area contributed by atoms with E-state index < -0.39 is 11.8 Å². The molecular weight excluding hydrogens is 354 g/mol. The molecule has 0 aliphatic carbocycles. The summed E-state index contributed by atoms with van der Waals surface area (Å²) in [6, 6.07) is 14.8. The maximum Gasteiger partial charge on any atom is 0.262 e. The van der Waals surface area contributed by atoms with Gasteiger partial charge in [0.25, 0.3) is 11.8 Å². The minimum absolute atomic E-state index is 0.266. The van der Waals surface area contributed by atoms with Crippen LogP contribution in [0, 0.1) is 0 Å². The molecule has 1 fully saturated rings. The number of imide groups is 1. The summed E-state index contributed by atoms with van der Waals surface area (Å²) in [5, 5.41) is 2.79. The van der Waals surface area contributed by atoms with Crippen molar-refractivity contribution in [2.24, 2.45) is 0 Å². The van der Waals surface area contributed by atoms with E-state index in [1.54, 1.807) is 24.3 Å². The Kier molecular flexibility index (Phi) is 5.10. The highest BCUT2D eigenvalue weighted by Gasteiger charge is 2.36. The highest BCUT2D eigenvalue weighted by Crippen LogP contribution is 2.22. The molecule has 0 saturated carbocycles. The van der Waals surface area contributed by atoms with E-state index in [2.05, 4.69) is 22.3 Å². The normalized spacial score (nSPS) is 16.3. The number of nitrogens with one attached hydrogen (secondary N) is 1. The Bertz CT molecular complexity index is 866. The van der Waals surface area contributed by atoms with E-state index in [1.807, 2.05) is 12.1 Å². The molecule has 2 aliphatic rings. The molecule has 0 bridgehead atoms. The smallest absolute Gasteiger partial charge is 0.262 e. The lowest BCUT2D eigenvalue weighted by Crippen LogP contribution is -2.40. The number of rotatable bonds is 5. The summed E-state index contributed by atoms with van der Waals surface area (Å²) in [5.74, 6) is -1.18. The lowest BCUT2D eigenvalue weighted by molar-refractivity contribution is -0.121. The predicted molar refractivity (Wildman–Crippen MR) is 106 cm³/mol. The van der Waals surface area contributed by atoms with Crippen molar-refractivity contribution in [1.82, 2.24) is 10.2 Å². The molecule has 0 radical (unpaired) electrons. The molecule has 1 saturated heterocycles. The molecule has 0 atom stereocenters. The van der Waals surface area contributed by atoms with Crippen LogP contribution in [0.15, 0.2) is 48.5 Å². The van der Waals surface area contributed by atoms with Crippen LogP contribution >= 0.6 is 0 Å². The number of carbonyl (C=O) groups excluding carboxylic acids is 3. The van der Waals surface area contributed by atoms with Crippen molar-refractivity contribution in [3.05, 3.63) is 65.2 Å². The van der Waals surface area contributed by atoms with Crippen molar-refractivity contribution in [2.45, 2.75) is 25.8 Å². The third-order valence-electron chi connectivity index (χ3n) is 5.33. The van der Waals surface area contributed by atoms with Gasteiger partial charge in [-0.1, -0.05) is 24.3 Å². The molecule has 2 heterocycles. The maximum atomic E-state index is 12.3. The van der Waals surface area contributed by atoms with Crippen molar-refractivity contribution in [2.75, 3.05) is 24.5 Å². The van der Waals surface area contributed by atoms with Crippen LogP contribution in [0.25, 0.3) is 0 Å². The number of amides is 3. The van der Waals surface area contributed by atoms with E-state index in [-0.39, 0.29) is 12.5 Å². The Balaban J connectivity index is 1.31. The van der Waals surface area contributed by atoms with E-state index in [0.717, 1.165) is 23.6 Å². The maximum absolute atomic E-state index is 12.3. The van der Waals surface area contributed by atoms with Gasteiger partial charge in [-0.3, -0.25) is 19.3 Å². The number of anilines is 1. The standard InChI is InChI=1S/C22H23N3O3/c26-20(15-25-21(27)18-6-2-3-7-19(18)22(25)28)23-14-16-8-10-17(11-9-16)24-12-4-1-5-13-24/h2-3,6-11H,1,4-5,12-15H2,(H,23,26). The zero-order valence-corrected chi connectivity index (χ0v) is 15.7. The third kappa shape index (κ3) is 3.63. The van der Waals surface area contributed by atoms with Gasteiger partial charge in [-0.2, -0.15) is 0 Å². The van der Waals surface area contributed by atoms with Gasteiger partial charge in [0, 0.05) is 25.3 Å². The number of hydrogen-bond acceptors (Lipinski definition) is 4. The summed E-state index contributed by atoms with van der Waals surface area (Å²) in [6.07, 6.45) is 3.76. The summed E-state index contributed by atoms with van der Waals surface area (Å²) >= 11 is 0. The Morgan fingerprint density at radius 1 is 0.857 bits per heavy atom. The topological polar surface area (TPSA) is 69.7 Å². The predicted octanol–water partition coefficient (Wildman–Crippen LogP) is 2.59. The quantitative estimate of drug-likeness (QED) is 0.813. The summed E-state index contributed by atoms with van der Waals surface area (Å²) in [6.45, 7) is 2.28. The van der Waals surface area contributed by atoms with E-state index >= 15 is 0 Å². The van der Waals surface area contributed by atoms with Crippen molar-refractivity contribution >= 4 is 23.4 Å². The lowest BCUT2D eigenvalue weighted by atomic mass is 10.1. The van der Waals surface area contributed by atoms with Crippen molar-refractivity contribution in [1.29, 1.82) is 0 Å². The molecule has 1 N–H and O–H groups in total. The van der Waals surface area contributed by atoms with E-state index in [9.17, 15) is 14.4 Å². The van der Waals surface area contributed by atoms with Crippen molar-refractivity contribution in [3.8, 4) is 0 Å². The van der Waals surface area contributed by atoms with E-state index in [4.69, 9.17) is 0 Å². The molecule has 144 valence electrons. The molecule has 2 aromatic carbocycles. The van der Waals surface area contributed by atoms with Gasteiger partial charge in [0.2, 0.25) is 5.91 Å². The largest absolute Gasteiger partial charge is 0.372 e. The van der Waals surface area contributed by atoms with E-state index in [1.165, 1.54) is 24.9 Å². The van der Waals surface area contributed by atoms with E-state index in [0.29, 0.717) is 17.7 Å². The highest BCUT2D eigenvalue weighted by atomic mass is 16.2. The van der Waals surface area contributed by atoms with Crippen LogP contribution in [-0.2, 0) is 11.3 Å². The Labute approximate surface area is 164 Å². The van der Waals surface area contributed by atoms with Crippen LogP contribution in [0.2, 0.25) is 0 Å². The average Bonchev–Trinajstić information content (AvgIpc) is 2.98. The fraction of sp³-hybridized carbons (Fsp3) is 0.318. The number of carbonyl (C=O) groups is 3. The molecule has 0 aromatic heterocycles. The fourth-order valence-corrected chi connectivity index (χ4v) is 3.76. The first-order chi connectivity index (χ1) is 13.6. The highest BCUT2D eigenvalue weighted by molar-refractivity contribution is 6.22. The number of benzene rings is 2. The van der Waals surface area contributed by atoms with Crippen molar-refractivity contribution in [3.63, 3.8) is 0 Å². The molecular formula is C22H23N3O3. The number of fused-ring (bicyclic) bond motifs is 1. The second-order valence-electron chi connectivity index (χ2n) is 7.23. The molecule has 6 heteroatoms. The number of hydrogen-bond donors (Lipinski definition) is 1. The first-order valence-electron chi connectivity index (χ1n) is 9.69. The fourth-order valence-electron chi connectivity index (χ4n) is 3.76. The molecule has 0 unspecified atom stereocenters. The summed E-state index contributed by atoms with van der Waals surface area (Å²) < 4.78 is 0. The number of piperidine rings is 1. The van der Waals surface area contributed by atoms with Crippen molar-refractivity contribution < 1.29 is 14.4 Å². The van der Waals surface area contributed by atoms with Crippen LogP contribution in [-0.4, -0.2) is 42.3 Å². The number of nitrogens with zero attached hydrogens (tertiary/aromatic N) is 2. The van der Waals surface area contributed by atoms with Crippen LogP contribution in [0.5, 0.6) is 0 Å². The molecule has 6 nitrogen and oxygen atoms in total. The minimum atomic E-state index is -0.415. The molecule has 4 rings (SSSR count). The van der Waals surface area contributed by atoms with Gasteiger partial charge in [-0.25, -0.2) is 0 Å². The second kappa shape index (κ2) is 7.84. The summed E-state index contributed by atoms with van der Waals surface area (Å²) in [4.78, 5) is 40.3. The summed E-state index contributed by atoms with van der Waals surface area (Å²) in [7, 11) is 0. The SMILES string of the molecule is O=C(CN1C(=O)c2ccccc2C1=O)NCc1ccc(N2CCCCC2)cc1. The van der Waals surface area contributed by atoms with Crippen LogP contribution in [0.3, 0.4) is 0 Å². The Hall–Kier alpha value is -3.15. The Morgan fingerprint density at radius 3 is 2.07 bits per heavy atom. The second-order valence-corrected chi connectivity index (χ2v) is 7.23. The van der Waals surface area contributed by atoms with Crippen LogP contribution in [0.1, 0.15) is 45.5 Å². The van der Waals surface area contributed by atoms with Gasteiger partial charge in [0.15, 0.2) is 0 Å². The van der Waals surface area contributed by atoms with Crippen LogP contribution in [0.4, 0.5) is 5.69 Å². The molecule has 28 heavy (non-hydrogen) atoms. The van der Waals surface area contributed by atoms with Gasteiger partial charge >= 0.3 is 0 Å². The molecule has 2 aliphatic heterocycles. The van der Waals surface area contributed by atoms with Gasteiger partial charge in [0.05, 0.1) is 11.1 Å². The molecule has 2 aromatic rings. The molecule has 3 amide bonds. The first-order valence-corrected chi connectivity index (χ1v) is 9.69. The van der Waals surface area contributed by atoms with Crippen LogP contribution < -0.4 is 10.2 Å². The van der Waals surface area contributed by atoms with Gasteiger partial charge in [-0.15, -0.1) is 0 Å². The summed E-state index contributed by atoms with van der Waals surface area (Å²) in [5.41, 5.74) is 2.90. The van der Waals surface area contributed by atoms with Gasteiger partial charge < -0.3 is 10.2 Å². The lowest BCUT2D eigenvalue weighted by Gasteiger charge is -2.28. The van der Waals surface area contributed by atoms with Gasteiger partial charge in [0.1, 0.15) is 6.54 Å². The average molecular weight is 377 g/mol.